The maximum absolute atomic E-state index is 10.8. The number of aliphatic hydroxyl groups excluding tert-OH is 4. The average molecular weight is 220 g/mol. The fourth-order valence-corrected chi connectivity index (χ4v) is 1.63. The number of hydrogen-bond donors (Lipinski definition) is 4. The van der Waals surface area contributed by atoms with Crippen LogP contribution in [0.25, 0.3) is 0 Å². The van der Waals surface area contributed by atoms with Crippen LogP contribution < -0.4 is 0 Å². The lowest BCUT2D eigenvalue weighted by Gasteiger charge is -2.39. The average Bonchev–Trinajstić information content (AvgIpc) is 2.18. The van der Waals surface area contributed by atoms with E-state index in [0.29, 0.717) is 0 Å². The van der Waals surface area contributed by atoms with Crippen LogP contribution >= 0.6 is 0 Å². The summed E-state index contributed by atoms with van der Waals surface area (Å²) in [5.41, 5.74) is 0. The number of rotatable bonds is 3. The molecule has 0 radical (unpaired) electrons. The maximum atomic E-state index is 10.8. The summed E-state index contributed by atoms with van der Waals surface area (Å²) in [5, 5.41) is 37.2. The van der Waals surface area contributed by atoms with E-state index in [-0.39, 0.29) is 12.2 Å². The first-order valence-corrected chi connectivity index (χ1v) is 4.77. The molecule has 1 heterocycles. The van der Waals surface area contributed by atoms with Crippen LogP contribution in [0.3, 0.4) is 0 Å². The van der Waals surface area contributed by atoms with Gasteiger partial charge in [0, 0.05) is 6.42 Å². The lowest BCUT2D eigenvalue weighted by Crippen LogP contribution is -2.58. The first-order valence-electron chi connectivity index (χ1n) is 4.77. The third kappa shape index (κ3) is 2.73. The van der Waals surface area contributed by atoms with Crippen molar-refractivity contribution in [2.24, 2.45) is 0 Å². The zero-order valence-corrected chi connectivity index (χ0v) is 8.41. The van der Waals surface area contributed by atoms with Crippen molar-refractivity contribution in [3.05, 3.63) is 0 Å². The van der Waals surface area contributed by atoms with Crippen molar-refractivity contribution in [3.63, 3.8) is 0 Å². The highest BCUT2D eigenvalue weighted by atomic mass is 16.5. The van der Waals surface area contributed by atoms with Crippen LogP contribution in [0.2, 0.25) is 0 Å². The molecule has 15 heavy (non-hydrogen) atoms. The largest absolute Gasteiger partial charge is 0.394 e. The van der Waals surface area contributed by atoms with Crippen molar-refractivity contribution in [1.82, 2.24) is 0 Å². The SMILES string of the molecule is CC(=O)C[C@@H]1OC(CO)[C@@H](O)[C@H](O)C1O. The minimum Gasteiger partial charge on any atom is -0.394 e. The van der Waals surface area contributed by atoms with Gasteiger partial charge in [-0.1, -0.05) is 0 Å². The van der Waals surface area contributed by atoms with Gasteiger partial charge in [0.2, 0.25) is 0 Å². The molecule has 0 saturated carbocycles. The smallest absolute Gasteiger partial charge is 0.132 e. The van der Waals surface area contributed by atoms with Crippen molar-refractivity contribution in [1.29, 1.82) is 0 Å². The Kier molecular flexibility index (Phi) is 4.18. The number of carbonyl (C=O) groups excluding carboxylic acids is 1. The molecule has 1 fully saturated rings. The molecule has 5 atom stereocenters. The van der Waals surface area contributed by atoms with Gasteiger partial charge in [-0.05, 0) is 6.92 Å². The van der Waals surface area contributed by atoms with Crippen molar-refractivity contribution in [2.75, 3.05) is 6.61 Å². The molecule has 1 rings (SSSR count). The zero-order valence-electron chi connectivity index (χ0n) is 8.41. The molecule has 1 aliphatic rings. The Balaban J connectivity index is 2.69. The molecule has 2 unspecified atom stereocenters. The lowest BCUT2D eigenvalue weighted by atomic mass is 9.93. The van der Waals surface area contributed by atoms with Gasteiger partial charge < -0.3 is 25.2 Å². The van der Waals surface area contributed by atoms with Crippen molar-refractivity contribution >= 4 is 5.78 Å². The van der Waals surface area contributed by atoms with E-state index in [1.807, 2.05) is 0 Å². The number of ketones is 1. The van der Waals surface area contributed by atoms with E-state index in [4.69, 9.17) is 9.84 Å². The molecule has 0 aliphatic carbocycles. The summed E-state index contributed by atoms with van der Waals surface area (Å²) in [4.78, 5) is 10.8. The molecule has 0 aromatic rings. The van der Waals surface area contributed by atoms with Crippen LogP contribution in [-0.4, -0.2) is 63.3 Å². The van der Waals surface area contributed by atoms with E-state index in [9.17, 15) is 20.1 Å². The third-order valence-electron chi connectivity index (χ3n) is 2.48. The molecule has 6 heteroatoms. The van der Waals surface area contributed by atoms with Gasteiger partial charge in [0.05, 0.1) is 12.7 Å². The third-order valence-corrected chi connectivity index (χ3v) is 2.48. The topological polar surface area (TPSA) is 107 Å². The van der Waals surface area contributed by atoms with E-state index in [2.05, 4.69) is 0 Å². The Bertz CT molecular complexity index is 229. The van der Waals surface area contributed by atoms with Crippen LogP contribution in [0.4, 0.5) is 0 Å². The normalized spacial score (nSPS) is 41.5. The number of aliphatic hydroxyl groups is 4. The fourth-order valence-electron chi connectivity index (χ4n) is 1.63. The van der Waals surface area contributed by atoms with Crippen LogP contribution in [0, 0.1) is 0 Å². The van der Waals surface area contributed by atoms with Crippen LogP contribution in [0.15, 0.2) is 0 Å². The first-order chi connectivity index (χ1) is 6.97. The second-order valence-electron chi connectivity index (χ2n) is 3.77. The van der Waals surface area contributed by atoms with Gasteiger partial charge >= 0.3 is 0 Å². The van der Waals surface area contributed by atoms with Crippen molar-refractivity contribution in [2.45, 2.75) is 43.9 Å². The monoisotopic (exact) mass is 220 g/mol. The highest BCUT2D eigenvalue weighted by Crippen LogP contribution is 2.23. The second-order valence-corrected chi connectivity index (χ2v) is 3.77. The summed E-state index contributed by atoms with van der Waals surface area (Å²) in [7, 11) is 0. The number of carbonyl (C=O) groups is 1. The molecular formula is C9H16O6. The molecule has 6 nitrogen and oxygen atoms in total. The summed E-state index contributed by atoms with van der Waals surface area (Å²) in [6.07, 6.45) is -5.95. The van der Waals surface area contributed by atoms with Crippen LogP contribution in [0.1, 0.15) is 13.3 Å². The summed E-state index contributed by atoms with van der Waals surface area (Å²) in [5.74, 6) is -0.195. The summed E-state index contributed by atoms with van der Waals surface area (Å²) in [6.45, 7) is 0.862. The van der Waals surface area contributed by atoms with Gasteiger partial charge in [-0.15, -0.1) is 0 Å². The van der Waals surface area contributed by atoms with E-state index in [0.717, 1.165) is 0 Å². The highest BCUT2D eigenvalue weighted by Gasteiger charge is 2.43. The van der Waals surface area contributed by atoms with Gasteiger partial charge in [0.1, 0.15) is 30.2 Å². The molecule has 88 valence electrons. The van der Waals surface area contributed by atoms with Crippen LogP contribution in [0.5, 0.6) is 0 Å². The van der Waals surface area contributed by atoms with E-state index < -0.39 is 37.1 Å². The molecule has 0 aromatic heterocycles. The highest BCUT2D eigenvalue weighted by molar-refractivity contribution is 5.76. The summed E-state index contributed by atoms with van der Waals surface area (Å²) >= 11 is 0. The van der Waals surface area contributed by atoms with Gasteiger partial charge in [0.25, 0.3) is 0 Å². The molecule has 4 N–H and O–H groups in total. The first kappa shape index (κ1) is 12.5. The minimum absolute atomic E-state index is 0.0541. The number of hydrogen-bond acceptors (Lipinski definition) is 6. The molecule has 0 bridgehead atoms. The zero-order chi connectivity index (χ0) is 11.6. The fraction of sp³-hybridized carbons (Fsp3) is 0.889. The minimum atomic E-state index is -1.40. The second kappa shape index (κ2) is 5.00. The summed E-state index contributed by atoms with van der Waals surface area (Å²) < 4.78 is 5.11. The predicted octanol–water partition coefficient (Wildman–Crippen LogP) is -2.19. The van der Waals surface area contributed by atoms with E-state index in [1.165, 1.54) is 6.92 Å². The number of ether oxygens (including phenoxy) is 1. The lowest BCUT2D eigenvalue weighted by molar-refractivity contribution is -0.229. The summed E-state index contributed by atoms with van der Waals surface area (Å²) in [6, 6.07) is 0. The van der Waals surface area contributed by atoms with Gasteiger partial charge in [0.15, 0.2) is 0 Å². The predicted molar refractivity (Wildman–Crippen MR) is 49.1 cm³/mol. The van der Waals surface area contributed by atoms with Crippen molar-refractivity contribution in [3.8, 4) is 0 Å². The van der Waals surface area contributed by atoms with Gasteiger partial charge in [-0.2, -0.15) is 0 Å². The maximum Gasteiger partial charge on any atom is 0.132 e. The Labute approximate surface area is 87.1 Å². The molecule has 1 aliphatic heterocycles. The van der Waals surface area contributed by atoms with E-state index >= 15 is 0 Å². The standard InChI is InChI=1S/C9H16O6/c1-4(11)2-5-7(12)9(14)8(13)6(3-10)15-5/h5-10,12-14H,2-3H2,1H3/t5-,6?,7?,8+,9+/m0/s1. The molecule has 0 aromatic carbocycles. The Hall–Kier alpha value is -0.530. The van der Waals surface area contributed by atoms with E-state index in [1.54, 1.807) is 0 Å². The van der Waals surface area contributed by atoms with Crippen LogP contribution in [-0.2, 0) is 9.53 Å². The van der Waals surface area contributed by atoms with Crippen molar-refractivity contribution < 1.29 is 30.0 Å². The number of Topliss-reactive ketones (excluding diaryl/α,β-unsaturated/α-hetero) is 1. The molecular weight excluding hydrogens is 204 g/mol. The molecule has 0 spiro atoms. The molecule has 1 saturated heterocycles. The Morgan fingerprint density at radius 2 is 1.67 bits per heavy atom. The van der Waals surface area contributed by atoms with Gasteiger partial charge in [-0.25, -0.2) is 0 Å². The van der Waals surface area contributed by atoms with Gasteiger partial charge in [-0.3, -0.25) is 4.79 Å². The Morgan fingerprint density at radius 3 is 2.13 bits per heavy atom. The Morgan fingerprint density at radius 1 is 1.13 bits per heavy atom. The quantitative estimate of drug-likeness (QED) is 0.430. The molecule has 0 amide bonds.